The minimum Gasteiger partial charge on any atom is -0.339 e. The van der Waals surface area contributed by atoms with Crippen molar-refractivity contribution in [2.45, 2.75) is 44.8 Å². The molecule has 1 heterocycles. The largest absolute Gasteiger partial charge is 0.339 e. The molecule has 3 atom stereocenters. The van der Waals surface area contributed by atoms with Crippen molar-refractivity contribution in [2.24, 2.45) is 0 Å². The van der Waals surface area contributed by atoms with Crippen LogP contribution in [0.25, 0.3) is 0 Å². The van der Waals surface area contributed by atoms with E-state index in [4.69, 9.17) is 0 Å². The first-order valence-corrected chi connectivity index (χ1v) is 8.54. The molecule has 0 spiro atoms. The monoisotopic (exact) mass is 323 g/mol. The Morgan fingerprint density at radius 3 is 2.62 bits per heavy atom. The SMILES string of the molecule is Cc1cccc(C2C(C)NNC2NC(=O)CCc2ccccc2)c1. The summed E-state index contributed by atoms with van der Waals surface area (Å²) in [5.74, 6) is 0.287. The first kappa shape index (κ1) is 16.7. The lowest BCUT2D eigenvalue weighted by Gasteiger charge is -2.23. The molecule has 126 valence electrons. The number of benzene rings is 2. The van der Waals surface area contributed by atoms with E-state index in [0.29, 0.717) is 6.42 Å². The van der Waals surface area contributed by atoms with E-state index in [1.54, 1.807) is 0 Å². The van der Waals surface area contributed by atoms with Crippen LogP contribution in [0, 0.1) is 6.92 Å². The number of hydrogen-bond donors (Lipinski definition) is 3. The highest BCUT2D eigenvalue weighted by atomic mass is 16.1. The molecule has 1 amide bonds. The summed E-state index contributed by atoms with van der Waals surface area (Å²) in [5, 5.41) is 3.14. The van der Waals surface area contributed by atoms with Gasteiger partial charge in [0.2, 0.25) is 5.91 Å². The molecule has 0 radical (unpaired) electrons. The van der Waals surface area contributed by atoms with Crippen LogP contribution >= 0.6 is 0 Å². The summed E-state index contributed by atoms with van der Waals surface area (Å²) in [6.07, 6.45) is 1.17. The van der Waals surface area contributed by atoms with Crippen LogP contribution in [0.5, 0.6) is 0 Å². The molecule has 2 aromatic carbocycles. The highest BCUT2D eigenvalue weighted by Gasteiger charge is 2.35. The number of nitrogens with one attached hydrogen (secondary N) is 3. The molecule has 0 saturated carbocycles. The Labute approximate surface area is 143 Å². The first-order valence-electron chi connectivity index (χ1n) is 8.54. The molecular formula is C20H25N3O. The number of hydrogen-bond acceptors (Lipinski definition) is 3. The van der Waals surface area contributed by atoms with Crippen molar-refractivity contribution < 1.29 is 4.79 Å². The summed E-state index contributed by atoms with van der Waals surface area (Å²) in [7, 11) is 0. The van der Waals surface area contributed by atoms with Gasteiger partial charge in [-0.15, -0.1) is 0 Å². The van der Waals surface area contributed by atoms with E-state index in [2.05, 4.69) is 66.4 Å². The lowest BCUT2D eigenvalue weighted by Crippen LogP contribution is -2.46. The number of carbonyl (C=O) groups excluding carboxylic acids is 1. The van der Waals surface area contributed by atoms with Crippen LogP contribution in [-0.4, -0.2) is 18.1 Å². The van der Waals surface area contributed by atoms with E-state index in [9.17, 15) is 4.79 Å². The molecule has 3 N–H and O–H groups in total. The van der Waals surface area contributed by atoms with Gasteiger partial charge < -0.3 is 5.32 Å². The van der Waals surface area contributed by atoms with Crippen LogP contribution < -0.4 is 16.2 Å². The fraction of sp³-hybridized carbons (Fsp3) is 0.350. The molecule has 24 heavy (non-hydrogen) atoms. The molecule has 4 heteroatoms. The van der Waals surface area contributed by atoms with Crippen molar-refractivity contribution in [3.05, 3.63) is 71.3 Å². The summed E-state index contributed by atoms with van der Waals surface area (Å²) in [6.45, 7) is 4.23. The summed E-state index contributed by atoms with van der Waals surface area (Å²) in [6, 6.07) is 18.9. The quantitative estimate of drug-likeness (QED) is 0.793. The number of aryl methyl sites for hydroxylation is 2. The van der Waals surface area contributed by atoms with Crippen molar-refractivity contribution in [3.63, 3.8) is 0 Å². The smallest absolute Gasteiger partial charge is 0.221 e. The second-order valence-electron chi connectivity index (χ2n) is 6.55. The van der Waals surface area contributed by atoms with Crippen molar-refractivity contribution >= 4 is 5.91 Å². The van der Waals surface area contributed by atoms with E-state index < -0.39 is 0 Å². The number of amides is 1. The third kappa shape index (κ3) is 4.02. The second kappa shape index (κ2) is 7.60. The molecule has 1 saturated heterocycles. The van der Waals surface area contributed by atoms with E-state index in [1.165, 1.54) is 16.7 Å². The van der Waals surface area contributed by atoms with Gasteiger partial charge in [0.05, 0.1) is 0 Å². The van der Waals surface area contributed by atoms with E-state index >= 15 is 0 Å². The van der Waals surface area contributed by atoms with E-state index in [1.807, 2.05) is 18.2 Å². The minimum atomic E-state index is -0.0925. The number of rotatable bonds is 5. The first-order chi connectivity index (χ1) is 11.6. The molecule has 1 aliphatic rings. The molecule has 3 rings (SSSR count). The fourth-order valence-electron chi connectivity index (χ4n) is 3.32. The number of hydrazine groups is 1. The molecule has 1 fully saturated rings. The maximum atomic E-state index is 12.3. The van der Waals surface area contributed by atoms with Gasteiger partial charge in [0.25, 0.3) is 0 Å². The van der Waals surface area contributed by atoms with Gasteiger partial charge in [-0.2, -0.15) is 0 Å². The van der Waals surface area contributed by atoms with Crippen LogP contribution in [0.15, 0.2) is 54.6 Å². The molecule has 2 aromatic rings. The molecule has 0 bridgehead atoms. The summed E-state index contributed by atoms with van der Waals surface area (Å²) < 4.78 is 0. The molecule has 1 aliphatic heterocycles. The van der Waals surface area contributed by atoms with Crippen LogP contribution in [0.2, 0.25) is 0 Å². The zero-order chi connectivity index (χ0) is 16.9. The van der Waals surface area contributed by atoms with Crippen molar-refractivity contribution in [3.8, 4) is 0 Å². The maximum Gasteiger partial charge on any atom is 0.221 e. The highest BCUT2D eigenvalue weighted by Crippen LogP contribution is 2.26. The Bertz CT molecular complexity index is 686. The fourth-order valence-corrected chi connectivity index (χ4v) is 3.32. The average molecular weight is 323 g/mol. The average Bonchev–Trinajstić information content (AvgIpc) is 2.94. The van der Waals surface area contributed by atoms with Crippen molar-refractivity contribution in [2.75, 3.05) is 0 Å². The molecule has 0 aromatic heterocycles. The van der Waals surface area contributed by atoms with E-state index in [0.717, 1.165) is 6.42 Å². The van der Waals surface area contributed by atoms with Gasteiger partial charge in [-0.25, -0.2) is 5.43 Å². The van der Waals surface area contributed by atoms with E-state index in [-0.39, 0.29) is 24.0 Å². The molecule has 3 unspecified atom stereocenters. The Balaban J connectivity index is 1.62. The highest BCUT2D eigenvalue weighted by molar-refractivity contribution is 5.76. The van der Waals surface area contributed by atoms with Gasteiger partial charge in [-0.3, -0.25) is 10.2 Å². The molecule has 0 aliphatic carbocycles. The zero-order valence-electron chi connectivity index (χ0n) is 14.3. The normalized spacial score (nSPS) is 23.2. The third-order valence-electron chi connectivity index (χ3n) is 4.59. The Kier molecular flexibility index (Phi) is 5.28. The van der Waals surface area contributed by atoms with Gasteiger partial charge in [-0.05, 0) is 31.4 Å². The number of carbonyl (C=O) groups is 1. The minimum absolute atomic E-state index is 0.0740. The van der Waals surface area contributed by atoms with Gasteiger partial charge in [0.1, 0.15) is 6.17 Å². The zero-order valence-corrected chi connectivity index (χ0v) is 14.3. The Hall–Kier alpha value is -2.17. The van der Waals surface area contributed by atoms with Gasteiger partial charge in [0, 0.05) is 18.4 Å². The Morgan fingerprint density at radius 1 is 1.08 bits per heavy atom. The van der Waals surface area contributed by atoms with Crippen molar-refractivity contribution in [1.29, 1.82) is 0 Å². The van der Waals surface area contributed by atoms with Gasteiger partial charge in [-0.1, -0.05) is 60.2 Å². The lowest BCUT2D eigenvalue weighted by molar-refractivity contribution is -0.122. The Morgan fingerprint density at radius 2 is 1.88 bits per heavy atom. The maximum absolute atomic E-state index is 12.3. The van der Waals surface area contributed by atoms with Crippen LogP contribution in [0.1, 0.15) is 36.0 Å². The predicted molar refractivity (Wildman–Crippen MR) is 96.3 cm³/mol. The summed E-state index contributed by atoms with van der Waals surface area (Å²) >= 11 is 0. The van der Waals surface area contributed by atoms with Gasteiger partial charge >= 0.3 is 0 Å². The standard InChI is InChI=1S/C20H25N3O/c1-14-7-6-10-17(13-14)19-15(2)22-23-20(19)21-18(24)12-11-16-8-4-3-5-9-16/h3-10,13,15,19-20,22-23H,11-12H2,1-2H3,(H,21,24). The van der Waals surface area contributed by atoms with Crippen LogP contribution in [0.4, 0.5) is 0 Å². The van der Waals surface area contributed by atoms with Crippen LogP contribution in [0.3, 0.4) is 0 Å². The third-order valence-corrected chi connectivity index (χ3v) is 4.59. The predicted octanol–water partition coefficient (Wildman–Crippen LogP) is 2.65. The van der Waals surface area contributed by atoms with Gasteiger partial charge in [0.15, 0.2) is 0 Å². The van der Waals surface area contributed by atoms with Crippen LogP contribution in [-0.2, 0) is 11.2 Å². The molecule has 4 nitrogen and oxygen atoms in total. The topological polar surface area (TPSA) is 53.2 Å². The lowest BCUT2D eigenvalue weighted by atomic mass is 9.90. The van der Waals surface area contributed by atoms with Crippen molar-refractivity contribution in [1.82, 2.24) is 16.2 Å². The second-order valence-corrected chi connectivity index (χ2v) is 6.55. The summed E-state index contributed by atoms with van der Waals surface area (Å²) in [5.41, 5.74) is 10.1. The summed E-state index contributed by atoms with van der Waals surface area (Å²) in [4.78, 5) is 12.3. The molecular weight excluding hydrogens is 298 g/mol.